The fourth-order valence-corrected chi connectivity index (χ4v) is 3.15. The molecule has 1 aromatic carbocycles. The van der Waals surface area contributed by atoms with Crippen LogP contribution in [0.1, 0.15) is 37.0 Å². The Hall–Kier alpha value is -1.40. The zero-order valence-electron chi connectivity index (χ0n) is 12.1. The summed E-state index contributed by atoms with van der Waals surface area (Å²) in [6.45, 7) is 4.94. The fourth-order valence-electron chi connectivity index (χ4n) is 2.66. The smallest absolute Gasteiger partial charge is 0.335 e. The Morgan fingerprint density at radius 3 is 2.71 bits per heavy atom. The van der Waals surface area contributed by atoms with Gasteiger partial charge in [0.2, 0.25) is 5.91 Å². The highest BCUT2D eigenvalue weighted by atomic mass is 79.9. The number of hydrogen-bond acceptors (Lipinski definition) is 3. The molecular formula is C15H19BrN2O3. The number of carboxylic acids is 1. The standard InChI is InChI=1S/C15H19BrN2O3/c1-15(2)4-3-5-17-12(15)13(19)18-11-7-9(14(20)21)6-10(16)8-11/h6-8,12,17H,3-5H2,1-2H3,(H,18,19)(H,20,21). The molecule has 1 fully saturated rings. The van der Waals surface area contributed by atoms with Gasteiger partial charge in [-0.1, -0.05) is 29.8 Å². The molecule has 0 saturated carbocycles. The number of nitrogens with one attached hydrogen (secondary N) is 2. The van der Waals surface area contributed by atoms with E-state index in [4.69, 9.17) is 5.11 Å². The van der Waals surface area contributed by atoms with Gasteiger partial charge in [-0.3, -0.25) is 4.79 Å². The first kappa shape index (κ1) is 16.0. The van der Waals surface area contributed by atoms with Crippen LogP contribution >= 0.6 is 15.9 Å². The van der Waals surface area contributed by atoms with Crippen LogP contribution in [0.3, 0.4) is 0 Å². The van der Waals surface area contributed by atoms with Gasteiger partial charge in [0.05, 0.1) is 11.6 Å². The highest BCUT2D eigenvalue weighted by Gasteiger charge is 2.37. The summed E-state index contributed by atoms with van der Waals surface area (Å²) in [4.78, 5) is 23.5. The molecule has 1 unspecified atom stereocenters. The van der Waals surface area contributed by atoms with Crippen LogP contribution in [-0.2, 0) is 4.79 Å². The van der Waals surface area contributed by atoms with Gasteiger partial charge in [0, 0.05) is 10.2 Å². The van der Waals surface area contributed by atoms with Gasteiger partial charge in [-0.15, -0.1) is 0 Å². The average Bonchev–Trinajstić information content (AvgIpc) is 2.37. The summed E-state index contributed by atoms with van der Waals surface area (Å²) < 4.78 is 0.619. The van der Waals surface area contributed by atoms with Crippen LogP contribution in [-0.4, -0.2) is 29.6 Å². The predicted octanol–water partition coefficient (Wildman–Crippen LogP) is 2.86. The van der Waals surface area contributed by atoms with E-state index in [-0.39, 0.29) is 22.9 Å². The molecule has 0 spiro atoms. The first-order valence-corrected chi connectivity index (χ1v) is 7.67. The van der Waals surface area contributed by atoms with E-state index < -0.39 is 5.97 Å². The van der Waals surface area contributed by atoms with Crippen molar-refractivity contribution in [3.05, 3.63) is 28.2 Å². The summed E-state index contributed by atoms with van der Waals surface area (Å²) in [5.74, 6) is -1.16. The SMILES string of the molecule is CC1(C)CCCNC1C(=O)Nc1cc(Br)cc(C(=O)O)c1. The number of carboxylic acid groups (broad SMARTS) is 1. The third-order valence-electron chi connectivity index (χ3n) is 3.80. The molecule has 6 heteroatoms. The van der Waals surface area contributed by atoms with E-state index in [1.807, 2.05) is 0 Å². The van der Waals surface area contributed by atoms with Gasteiger partial charge < -0.3 is 15.7 Å². The minimum absolute atomic E-state index is 0.121. The normalized spacial score (nSPS) is 20.8. The van der Waals surface area contributed by atoms with Crippen LogP contribution in [0, 0.1) is 5.41 Å². The molecule has 114 valence electrons. The van der Waals surface area contributed by atoms with Gasteiger partial charge in [0.25, 0.3) is 0 Å². The third kappa shape index (κ3) is 3.83. The van der Waals surface area contributed by atoms with Crippen LogP contribution in [0.15, 0.2) is 22.7 Å². The fraction of sp³-hybridized carbons (Fsp3) is 0.467. The maximum Gasteiger partial charge on any atom is 0.335 e. The maximum absolute atomic E-state index is 12.4. The van der Waals surface area contributed by atoms with Crippen molar-refractivity contribution in [2.75, 3.05) is 11.9 Å². The number of anilines is 1. The third-order valence-corrected chi connectivity index (χ3v) is 4.26. The first-order chi connectivity index (χ1) is 9.79. The number of aromatic carboxylic acids is 1. The molecule has 1 saturated heterocycles. The Balaban J connectivity index is 2.17. The van der Waals surface area contributed by atoms with Gasteiger partial charge in [0.1, 0.15) is 0 Å². The Morgan fingerprint density at radius 1 is 1.38 bits per heavy atom. The summed E-state index contributed by atoms with van der Waals surface area (Å²) >= 11 is 3.26. The molecule has 1 atom stereocenters. The summed E-state index contributed by atoms with van der Waals surface area (Å²) in [6.07, 6.45) is 2.04. The van der Waals surface area contributed by atoms with Gasteiger partial charge in [-0.25, -0.2) is 4.79 Å². The molecule has 0 aromatic heterocycles. The van der Waals surface area contributed by atoms with Crippen molar-refractivity contribution in [2.24, 2.45) is 5.41 Å². The minimum Gasteiger partial charge on any atom is -0.478 e. The van der Waals surface area contributed by atoms with Crippen molar-refractivity contribution in [3.63, 3.8) is 0 Å². The van der Waals surface area contributed by atoms with Crippen molar-refractivity contribution >= 4 is 33.5 Å². The number of benzene rings is 1. The lowest BCUT2D eigenvalue weighted by molar-refractivity contribution is -0.121. The lowest BCUT2D eigenvalue weighted by Gasteiger charge is -2.38. The van der Waals surface area contributed by atoms with Crippen LogP contribution in [0.5, 0.6) is 0 Å². The van der Waals surface area contributed by atoms with Crippen molar-refractivity contribution in [2.45, 2.75) is 32.7 Å². The zero-order chi connectivity index (χ0) is 15.6. The first-order valence-electron chi connectivity index (χ1n) is 6.88. The van der Waals surface area contributed by atoms with Crippen molar-refractivity contribution < 1.29 is 14.7 Å². The molecule has 5 nitrogen and oxygen atoms in total. The number of amides is 1. The molecule has 1 aliphatic heterocycles. The molecule has 3 N–H and O–H groups in total. The molecule has 1 aliphatic rings. The lowest BCUT2D eigenvalue weighted by Crippen LogP contribution is -2.53. The summed E-state index contributed by atoms with van der Waals surface area (Å²) in [7, 11) is 0. The topological polar surface area (TPSA) is 78.4 Å². The molecule has 2 rings (SSSR count). The van der Waals surface area contributed by atoms with E-state index in [2.05, 4.69) is 40.4 Å². The van der Waals surface area contributed by atoms with E-state index in [1.54, 1.807) is 6.07 Å². The number of piperidine rings is 1. The monoisotopic (exact) mass is 354 g/mol. The van der Waals surface area contributed by atoms with Crippen LogP contribution in [0.4, 0.5) is 5.69 Å². The molecule has 0 bridgehead atoms. The summed E-state index contributed by atoms with van der Waals surface area (Å²) in [6, 6.07) is 4.38. The highest BCUT2D eigenvalue weighted by Crippen LogP contribution is 2.31. The van der Waals surface area contributed by atoms with Gasteiger partial charge >= 0.3 is 5.97 Å². The van der Waals surface area contributed by atoms with Crippen LogP contribution < -0.4 is 10.6 Å². The second-order valence-corrected chi connectivity index (χ2v) is 6.92. The molecule has 0 radical (unpaired) electrons. The Kier molecular flexibility index (Phi) is 4.68. The maximum atomic E-state index is 12.4. The average molecular weight is 355 g/mol. The van der Waals surface area contributed by atoms with E-state index in [9.17, 15) is 9.59 Å². The lowest BCUT2D eigenvalue weighted by atomic mass is 9.77. The van der Waals surface area contributed by atoms with Crippen LogP contribution in [0.25, 0.3) is 0 Å². The zero-order valence-corrected chi connectivity index (χ0v) is 13.7. The number of rotatable bonds is 3. The van der Waals surface area contributed by atoms with E-state index in [0.29, 0.717) is 10.2 Å². The van der Waals surface area contributed by atoms with Gasteiger partial charge in [-0.2, -0.15) is 0 Å². The van der Waals surface area contributed by atoms with Crippen LogP contribution in [0.2, 0.25) is 0 Å². The second kappa shape index (κ2) is 6.15. The quantitative estimate of drug-likeness (QED) is 0.779. The van der Waals surface area contributed by atoms with Crippen molar-refractivity contribution in [1.29, 1.82) is 0 Å². The van der Waals surface area contributed by atoms with E-state index in [0.717, 1.165) is 19.4 Å². The molecule has 1 amide bonds. The number of hydrogen-bond donors (Lipinski definition) is 3. The summed E-state index contributed by atoms with van der Waals surface area (Å²) in [5.41, 5.74) is 0.495. The van der Waals surface area contributed by atoms with Gasteiger partial charge in [-0.05, 0) is 43.0 Å². The van der Waals surface area contributed by atoms with Gasteiger partial charge in [0.15, 0.2) is 0 Å². The Morgan fingerprint density at radius 2 is 2.10 bits per heavy atom. The Bertz CT molecular complexity index is 572. The van der Waals surface area contributed by atoms with E-state index in [1.165, 1.54) is 12.1 Å². The number of halogens is 1. The minimum atomic E-state index is -1.03. The number of carbonyl (C=O) groups is 2. The highest BCUT2D eigenvalue weighted by molar-refractivity contribution is 9.10. The molecular weight excluding hydrogens is 336 g/mol. The largest absolute Gasteiger partial charge is 0.478 e. The Labute approximate surface area is 132 Å². The van der Waals surface area contributed by atoms with Crippen molar-refractivity contribution in [1.82, 2.24) is 5.32 Å². The molecule has 0 aliphatic carbocycles. The van der Waals surface area contributed by atoms with Crippen molar-refractivity contribution in [3.8, 4) is 0 Å². The second-order valence-electron chi connectivity index (χ2n) is 6.00. The predicted molar refractivity (Wildman–Crippen MR) is 84.5 cm³/mol. The number of carbonyl (C=O) groups excluding carboxylic acids is 1. The van der Waals surface area contributed by atoms with E-state index >= 15 is 0 Å². The molecule has 1 heterocycles. The molecule has 1 aromatic rings. The summed E-state index contributed by atoms with van der Waals surface area (Å²) in [5, 5.41) is 15.1. The molecule has 21 heavy (non-hydrogen) atoms.